The molecular weight excluding hydrogens is 594 g/mol. The number of aromatic nitrogens is 2. The monoisotopic (exact) mass is 625 g/mol. The van der Waals surface area contributed by atoms with Crippen molar-refractivity contribution in [1.82, 2.24) is 19.8 Å². The second-order valence-electron chi connectivity index (χ2n) is 10.6. The molecule has 1 aliphatic rings. The lowest BCUT2D eigenvalue weighted by Gasteiger charge is -2.26. The molecule has 1 heterocycles. The van der Waals surface area contributed by atoms with Crippen LogP contribution in [0.3, 0.4) is 0 Å². The number of amides is 3. The third-order valence-corrected chi connectivity index (χ3v) is 7.46. The van der Waals surface area contributed by atoms with E-state index in [1.165, 1.54) is 12.3 Å². The van der Waals surface area contributed by atoms with E-state index >= 15 is 0 Å². The Labute approximate surface area is 263 Å². The second-order valence-corrected chi connectivity index (χ2v) is 10.6. The Morgan fingerprint density at radius 3 is 2.15 bits per heavy atom. The number of hydrogen-bond acceptors (Lipinski definition) is 8. The van der Waals surface area contributed by atoms with Gasteiger partial charge in [0.2, 0.25) is 5.91 Å². The lowest BCUT2D eigenvalue weighted by molar-refractivity contribution is -0.145. The minimum atomic E-state index is -1.34. The van der Waals surface area contributed by atoms with Gasteiger partial charge in [0.1, 0.15) is 25.5 Å². The Hall–Kier alpha value is -5.82. The van der Waals surface area contributed by atoms with Crippen LogP contribution in [0, 0.1) is 0 Å². The van der Waals surface area contributed by atoms with Crippen LogP contribution in [0.25, 0.3) is 11.1 Å². The van der Waals surface area contributed by atoms with Gasteiger partial charge >= 0.3 is 17.8 Å². The molecule has 1 aliphatic carbocycles. The average molecular weight is 626 g/mol. The SMILES string of the molecule is O=C(O)CN(C[C@H](CO)NC(=O)OCC1c2ccccc2-c2ccccc21)C(=O)Cn1ccc(NC(=O)c2ccccc2)nc1=O. The Balaban J connectivity index is 1.19. The number of carboxylic acid groups (broad SMARTS) is 1. The highest BCUT2D eigenvalue weighted by atomic mass is 16.5. The molecule has 0 bridgehead atoms. The molecule has 1 aromatic heterocycles. The molecule has 0 saturated carbocycles. The summed E-state index contributed by atoms with van der Waals surface area (Å²) < 4.78 is 6.46. The quantitative estimate of drug-likeness (QED) is 0.184. The Kier molecular flexibility index (Phi) is 9.83. The van der Waals surface area contributed by atoms with Crippen molar-refractivity contribution in [2.45, 2.75) is 18.5 Å². The normalized spacial score (nSPS) is 12.4. The maximum absolute atomic E-state index is 13.1. The van der Waals surface area contributed by atoms with Gasteiger partial charge in [-0.2, -0.15) is 4.98 Å². The van der Waals surface area contributed by atoms with Gasteiger partial charge in [0.25, 0.3) is 5.91 Å². The number of ether oxygens (including phenoxy) is 1. The van der Waals surface area contributed by atoms with Crippen LogP contribution in [0.1, 0.15) is 27.4 Å². The first-order chi connectivity index (χ1) is 22.2. The standard InChI is InChI=1S/C33H31N5O8/c39-19-22(34-33(45)46-20-27-25-12-6-4-10-23(25)24-11-5-7-13-26(24)27)16-38(18-30(41)42)29(40)17-37-15-14-28(36-32(37)44)35-31(43)21-8-2-1-3-9-21/h1-15,22,27,39H,16-20H2,(H,34,45)(H,41,42)(H,35,36,43,44)/t22-/m1/s1. The molecule has 4 N–H and O–H groups in total. The van der Waals surface area contributed by atoms with Gasteiger partial charge in [0, 0.05) is 24.2 Å². The fraction of sp³-hybridized carbons (Fsp3) is 0.212. The Morgan fingerprint density at radius 2 is 1.54 bits per heavy atom. The van der Waals surface area contributed by atoms with E-state index < -0.39 is 55.3 Å². The third-order valence-electron chi connectivity index (χ3n) is 7.46. The number of rotatable bonds is 12. The molecule has 236 valence electrons. The molecule has 3 amide bonds. The summed E-state index contributed by atoms with van der Waals surface area (Å²) in [6.07, 6.45) is 0.391. The molecule has 0 unspecified atom stereocenters. The Bertz CT molecular complexity index is 1760. The summed E-state index contributed by atoms with van der Waals surface area (Å²) >= 11 is 0. The highest BCUT2D eigenvalue weighted by Gasteiger charge is 2.30. The highest BCUT2D eigenvalue weighted by molar-refractivity contribution is 6.03. The minimum Gasteiger partial charge on any atom is -0.480 e. The van der Waals surface area contributed by atoms with Crippen LogP contribution in [0.15, 0.2) is 95.9 Å². The predicted octanol–water partition coefficient (Wildman–Crippen LogP) is 2.31. The summed E-state index contributed by atoms with van der Waals surface area (Å²) in [7, 11) is 0. The molecule has 5 rings (SSSR count). The number of hydrogen-bond donors (Lipinski definition) is 4. The smallest absolute Gasteiger partial charge is 0.407 e. The van der Waals surface area contributed by atoms with Gasteiger partial charge in [0.15, 0.2) is 0 Å². The van der Waals surface area contributed by atoms with E-state index in [2.05, 4.69) is 15.6 Å². The minimum absolute atomic E-state index is 0.0213. The predicted molar refractivity (Wildman–Crippen MR) is 166 cm³/mol. The van der Waals surface area contributed by atoms with E-state index in [4.69, 9.17) is 4.74 Å². The van der Waals surface area contributed by atoms with Crippen molar-refractivity contribution in [3.8, 4) is 11.1 Å². The second kappa shape index (κ2) is 14.3. The van der Waals surface area contributed by atoms with E-state index in [1.807, 2.05) is 48.5 Å². The number of carbonyl (C=O) groups is 4. The Morgan fingerprint density at radius 1 is 0.913 bits per heavy atom. The van der Waals surface area contributed by atoms with Crippen LogP contribution in [0.5, 0.6) is 0 Å². The molecular formula is C33H31N5O8. The van der Waals surface area contributed by atoms with Crippen molar-refractivity contribution in [1.29, 1.82) is 0 Å². The zero-order valence-electron chi connectivity index (χ0n) is 24.5. The van der Waals surface area contributed by atoms with Crippen LogP contribution in [0.2, 0.25) is 0 Å². The number of aliphatic hydroxyl groups is 1. The van der Waals surface area contributed by atoms with Crippen molar-refractivity contribution in [2.75, 3.05) is 31.6 Å². The third kappa shape index (κ3) is 7.45. The van der Waals surface area contributed by atoms with Crippen molar-refractivity contribution in [3.05, 3.63) is 118 Å². The number of nitrogens with one attached hydrogen (secondary N) is 2. The van der Waals surface area contributed by atoms with Gasteiger partial charge in [-0.25, -0.2) is 9.59 Å². The van der Waals surface area contributed by atoms with Crippen molar-refractivity contribution >= 4 is 29.7 Å². The molecule has 13 nitrogen and oxygen atoms in total. The first-order valence-electron chi connectivity index (χ1n) is 14.4. The first kappa shape index (κ1) is 31.6. The molecule has 13 heteroatoms. The number of anilines is 1. The summed E-state index contributed by atoms with van der Waals surface area (Å²) in [5.74, 6) is -2.82. The van der Waals surface area contributed by atoms with E-state index in [0.29, 0.717) is 5.56 Å². The number of alkyl carbamates (subject to hydrolysis) is 1. The van der Waals surface area contributed by atoms with Crippen LogP contribution in [-0.4, -0.2) is 80.9 Å². The number of aliphatic hydroxyl groups excluding tert-OH is 1. The lowest BCUT2D eigenvalue weighted by Crippen LogP contribution is -2.50. The van der Waals surface area contributed by atoms with E-state index in [0.717, 1.165) is 31.7 Å². The van der Waals surface area contributed by atoms with Crippen LogP contribution >= 0.6 is 0 Å². The number of nitrogens with zero attached hydrogens (tertiary/aromatic N) is 3. The molecule has 4 aromatic rings. The zero-order chi connectivity index (χ0) is 32.6. The highest BCUT2D eigenvalue weighted by Crippen LogP contribution is 2.44. The maximum Gasteiger partial charge on any atom is 0.407 e. The van der Waals surface area contributed by atoms with E-state index in [-0.39, 0.29) is 24.9 Å². The van der Waals surface area contributed by atoms with Crippen molar-refractivity contribution in [3.63, 3.8) is 0 Å². The van der Waals surface area contributed by atoms with Gasteiger partial charge < -0.3 is 30.5 Å². The van der Waals surface area contributed by atoms with E-state index in [1.54, 1.807) is 30.3 Å². The number of carboxylic acids is 1. The largest absolute Gasteiger partial charge is 0.480 e. The molecule has 0 spiro atoms. The van der Waals surface area contributed by atoms with Gasteiger partial charge in [0.05, 0.1) is 12.6 Å². The van der Waals surface area contributed by atoms with Gasteiger partial charge in [-0.15, -0.1) is 0 Å². The summed E-state index contributed by atoms with van der Waals surface area (Å²) in [4.78, 5) is 67.0. The van der Waals surface area contributed by atoms with Crippen LogP contribution in [-0.2, 0) is 20.9 Å². The van der Waals surface area contributed by atoms with Crippen molar-refractivity contribution in [2.24, 2.45) is 0 Å². The molecule has 46 heavy (non-hydrogen) atoms. The van der Waals surface area contributed by atoms with Gasteiger partial charge in [-0.1, -0.05) is 66.7 Å². The zero-order valence-corrected chi connectivity index (χ0v) is 24.5. The maximum atomic E-state index is 13.1. The lowest BCUT2D eigenvalue weighted by atomic mass is 9.98. The molecule has 0 saturated heterocycles. The molecule has 0 aliphatic heterocycles. The topological polar surface area (TPSA) is 180 Å². The number of fused-ring (bicyclic) bond motifs is 3. The van der Waals surface area contributed by atoms with Crippen LogP contribution in [0.4, 0.5) is 10.6 Å². The number of benzene rings is 3. The number of carbonyl (C=O) groups excluding carboxylic acids is 3. The summed E-state index contributed by atoms with van der Waals surface area (Å²) in [5.41, 5.74) is 3.66. The van der Waals surface area contributed by atoms with Crippen LogP contribution < -0.4 is 16.3 Å². The summed E-state index contributed by atoms with van der Waals surface area (Å²) in [5, 5.41) is 24.3. The number of aliphatic carboxylic acids is 1. The molecule has 1 atom stereocenters. The summed E-state index contributed by atoms with van der Waals surface area (Å²) in [6, 6.07) is 24.2. The molecule has 0 radical (unpaired) electrons. The first-order valence-corrected chi connectivity index (χ1v) is 14.4. The molecule has 3 aromatic carbocycles. The molecule has 0 fully saturated rings. The van der Waals surface area contributed by atoms with Gasteiger partial charge in [-0.3, -0.25) is 19.0 Å². The van der Waals surface area contributed by atoms with Gasteiger partial charge in [-0.05, 0) is 40.5 Å². The van der Waals surface area contributed by atoms with E-state index in [9.17, 15) is 34.2 Å². The fourth-order valence-corrected chi connectivity index (χ4v) is 5.28. The summed E-state index contributed by atoms with van der Waals surface area (Å²) in [6.45, 7) is -2.30. The fourth-order valence-electron chi connectivity index (χ4n) is 5.28. The van der Waals surface area contributed by atoms with Crippen molar-refractivity contribution < 1.29 is 34.1 Å². The average Bonchev–Trinajstić information content (AvgIpc) is 3.38.